The first-order valence-electron chi connectivity index (χ1n) is 11.2. The van der Waals surface area contributed by atoms with Crippen LogP contribution in [0.25, 0.3) is 0 Å². The summed E-state index contributed by atoms with van der Waals surface area (Å²) >= 11 is 5.96. The molecule has 180 valence electrons. The van der Waals surface area contributed by atoms with Crippen LogP contribution in [0.4, 0.5) is 11.4 Å². The van der Waals surface area contributed by atoms with E-state index in [0.29, 0.717) is 22.1 Å². The van der Waals surface area contributed by atoms with Crippen molar-refractivity contribution in [3.8, 4) is 5.75 Å². The number of amides is 3. The number of nitrogens with one attached hydrogen (secondary N) is 1. The van der Waals surface area contributed by atoms with Crippen molar-refractivity contribution < 1.29 is 28.7 Å². The first-order valence-corrected chi connectivity index (χ1v) is 11.6. The SMILES string of the molecule is COc1ccc(Cl)cc1NC(=O)COC(=O)c1cccc(N2C(=O)[C@@H]3[C@@H](C2=O)[C@H]2C=C(C)[C@H]3C2)c1. The Kier molecular flexibility index (Phi) is 5.84. The summed E-state index contributed by atoms with van der Waals surface area (Å²) in [6, 6.07) is 10.9. The third-order valence-electron chi connectivity index (χ3n) is 6.99. The van der Waals surface area contributed by atoms with Crippen LogP contribution in [0.5, 0.6) is 5.75 Å². The van der Waals surface area contributed by atoms with Crippen molar-refractivity contribution in [3.05, 3.63) is 64.7 Å². The Balaban J connectivity index is 1.26. The molecule has 4 atom stereocenters. The van der Waals surface area contributed by atoms with Crippen molar-refractivity contribution in [1.29, 1.82) is 0 Å². The molecule has 2 aromatic rings. The standard InChI is InChI=1S/C26H23ClN2O6/c1-13-8-15-10-18(13)23-22(15)24(31)29(25(23)32)17-5-3-4-14(9-17)26(33)35-12-21(30)28-19-11-16(27)6-7-20(19)34-2/h3-9,11,15,18,22-23H,10,12H2,1-2H3,(H,28,30)/t15-,18+,22-,23-/m0/s1. The molecular formula is C26H23ClN2O6. The van der Waals surface area contributed by atoms with Crippen LogP contribution < -0.4 is 15.0 Å². The Bertz CT molecular complexity index is 1290. The predicted octanol–water partition coefficient (Wildman–Crippen LogP) is 3.85. The third kappa shape index (κ3) is 3.97. The summed E-state index contributed by atoms with van der Waals surface area (Å²) in [6.45, 7) is 1.47. The second kappa shape index (κ2) is 8.85. The molecule has 35 heavy (non-hydrogen) atoms. The molecule has 1 heterocycles. The lowest BCUT2D eigenvalue weighted by Gasteiger charge is -2.19. The minimum Gasteiger partial charge on any atom is -0.495 e. The van der Waals surface area contributed by atoms with Gasteiger partial charge < -0.3 is 14.8 Å². The zero-order valence-electron chi connectivity index (χ0n) is 19.1. The lowest BCUT2D eigenvalue weighted by atomic mass is 9.82. The molecular weight excluding hydrogens is 472 g/mol. The molecule has 8 nitrogen and oxygen atoms in total. The second-order valence-electron chi connectivity index (χ2n) is 9.00. The molecule has 1 N–H and O–H groups in total. The van der Waals surface area contributed by atoms with Crippen LogP contribution in [-0.2, 0) is 19.1 Å². The van der Waals surface area contributed by atoms with Gasteiger partial charge in [-0.2, -0.15) is 0 Å². The molecule has 2 aliphatic carbocycles. The number of hydrogen-bond acceptors (Lipinski definition) is 6. The molecule has 0 radical (unpaired) electrons. The highest BCUT2D eigenvalue weighted by molar-refractivity contribution is 6.31. The fraction of sp³-hybridized carbons (Fsp3) is 0.308. The Morgan fingerprint density at radius 2 is 1.89 bits per heavy atom. The van der Waals surface area contributed by atoms with E-state index in [-0.39, 0.29) is 41.0 Å². The number of nitrogens with zero attached hydrogens (tertiary/aromatic N) is 1. The van der Waals surface area contributed by atoms with E-state index in [1.54, 1.807) is 24.3 Å². The molecule has 1 aliphatic heterocycles. The van der Waals surface area contributed by atoms with Gasteiger partial charge in [-0.25, -0.2) is 9.69 Å². The van der Waals surface area contributed by atoms with Gasteiger partial charge in [0.1, 0.15) is 5.75 Å². The minimum atomic E-state index is -0.753. The van der Waals surface area contributed by atoms with Gasteiger partial charge >= 0.3 is 5.97 Å². The highest BCUT2D eigenvalue weighted by Crippen LogP contribution is 2.55. The number of carbonyl (C=O) groups excluding carboxylic acids is 4. The van der Waals surface area contributed by atoms with Crippen molar-refractivity contribution in [2.75, 3.05) is 23.9 Å². The van der Waals surface area contributed by atoms with Crippen LogP contribution in [0.15, 0.2) is 54.1 Å². The highest BCUT2D eigenvalue weighted by Gasteiger charge is 2.60. The largest absolute Gasteiger partial charge is 0.495 e. The van der Waals surface area contributed by atoms with Crippen molar-refractivity contribution in [3.63, 3.8) is 0 Å². The van der Waals surface area contributed by atoms with Gasteiger partial charge in [-0.1, -0.05) is 29.3 Å². The fourth-order valence-electron chi connectivity index (χ4n) is 5.48. The Hall–Kier alpha value is -3.65. The molecule has 2 fully saturated rings. The number of anilines is 2. The topological polar surface area (TPSA) is 102 Å². The van der Waals surface area contributed by atoms with E-state index < -0.39 is 18.5 Å². The highest BCUT2D eigenvalue weighted by atomic mass is 35.5. The quantitative estimate of drug-likeness (QED) is 0.372. The number of rotatable bonds is 6. The fourth-order valence-corrected chi connectivity index (χ4v) is 5.65. The van der Waals surface area contributed by atoms with Gasteiger partial charge in [0.2, 0.25) is 11.8 Å². The summed E-state index contributed by atoms with van der Waals surface area (Å²) in [5.41, 5.74) is 1.98. The van der Waals surface area contributed by atoms with Gasteiger partial charge in [0.05, 0.1) is 35.9 Å². The maximum atomic E-state index is 13.2. The summed E-state index contributed by atoms with van der Waals surface area (Å²) < 4.78 is 10.3. The van der Waals surface area contributed by atoms with E-state index >= 15 is 0 Å². The maximum absolute atomic E-state index is 13.2. The zero-order valence-corrected chi connectivity index (χ0v) is 19.9. The van der Waals surface area contributed by atoms with Gasteiger partial charge in [0.15, 0.2) is 6.61 Å². The summed E-state index contributed by atoms with van der Waals surface area (Å²) in [4.78, 5) is 52.4. The Morgan fingerprint density at radius 3 is 2.66 bits per heavy atom. The average molecular weight is 495 g/mol. The molecule has 0 unspecified atom stereocenters. The molecule has 1 saturated carbocycles. The number of allylic oxidation sites excluding steroid dienone is 2. The number of hydrogen-bond donors (Lipinski definition) is 1. The number of benzene rings is 2. The minimum absolute atomic E-state index is 0.0937. The van der Waals surface area contributed by atoms with Crippen LogP contribution in [-0.4, -0.2) is 37.4 Å². The van der Waals surface area contributed by atoms with Gasteiger partial charge in [-0.05, 0) is 61.6 Å². The van der Waals surface area contributed by atoms with Gasteiger partial charge in [-0.3, -0.25) is 14.4 Å². The van der Waals surface area contributed by atoms with E-state index in [0.717, 1.165) is 6.42 Å². The van der Waals surface area contributed by atoms with Gasteiger partial charge in [0.25, 0.3) is 5.91 Å². The van der Waals surface area contributed by atoms with Crippen LogP contribution in [0.2, 0.25) is 5.02 Å². The predicted molar refractivity (Wildman–Crippen MR) is 128 cm³/mol. The molecule has 9 heteroatoms. The maximum Gasteiger partial charge on any atom is 0.338 e. The van der Waals surface area contributed by atoms with Crippen molar-refractivity contribution in [1.82, 2.24) is 0 Å². The molecule has 0 spiro atoms. The number of halogens is 1. The number of methoxy groups -OCH3 is 1. The van der Waals surface area contributed by atoms with E-state index in [1.165, 1.54) is 35.8 Å². The third-order valence-corrected chi connectivity index (χ3v) is 7.23. The van der Waals surface area contributed by atoms with E-state index in [2.05, 4.69) is 11.4 Å². The van der Waals surface area contributed by atoms with E-state index in [1.807, 2.05) is 6.92 Å². The Morgan fingerprint density at radius 1 is 1.11 bits per heavy atom. The van der Waals surface area contributed by atoms with Crippen LogP contribution in [0.3, 0.4) is 0 Å². The monoisotopic (exact) mass is 494 g/mol. The molecule has 5 rings (SSSR count). The van der Waals surface area contributed by atoms with Crippen LogP contribution in [0.1, 0.15) is 23.7 Å². The summed E-state index contributed by atoms with van der Waals surface area (Å²) in [5.74, 6) is -1.84. The number of esters is 1. The first kappa shape index (κ1) is 23.1. The van der Waals surface area contributed by atoms with Gasteiger partial charge in [0, 0.05) is 5.02 Å². The van der Waals surface area contributed by atoms with Crippen molar-refractivity contribution in [2.45, 2.75) is 13.3 Å². The average Bonchev–Trinajstić information content (AvgIpc) is 3.47. The van der Waals surface area contributed by atoms with Gasteiger partial charge in [-0.15, -0.1) is 0 Å². The summed E-state index contributed by atoms with van der Waals surface area (Å²) in [6.07, 6.45) is 2.96. The molecule has 0 aromatic heterocycles. The van der Waals surface area contributed by atoms with E-state index in [4.69, 9.17) is 21.1 Å². The van der Waals surface area contributed by atoms with E-state index in [9.17, 15) is 19.2 Å². The number of ether oxygens (including phenoxy) is 2. The molecule has 3 aliphatic rings. The number of imide groups is 1. The smallest absolute Gasteiger partial charge is 0.338 e. The molecule has 3 amide bonds. The van der Waals surface area contributed by atoms with Crippen molar-refractivity contribution in [2.24, 2.45) is 23.7 Å². The summed E-state index contributed by atoms with van der Waals surface area (Å²) in [5, 5.41) is 3.00. The second-order valence-corrected chi connectivity index (χ2v) is 9.44. The molecule has 2 bridgehead atoms. The first-order chi connectivity index (χ1) is 16.8. The lowest BCUT2D eigenvalue weighted by Crippen LogP contribution is -2.33. The Labute approximate surface area is 206 Å². The van der Waals surface area contributed by atoms with Crippen molar-refractivity contribution >= 4 is 46.7 Å². The van der Waals surface area contributed by atoms with Crippen LogP contribution in [0, 0.1) is 23.7 Å². The summed E-state index contributed by atoms with van der Waals surface area (Å²) in [7, 11) is 1.46. The zero-order chi connectivity index (χ0) is 24.9. The lowest BCUT2D eigenvalue weighted by molar-refractivity contribution is -0.123. The normalized spacial score (nSPS) is 24.3. The molecule has 2 aromatic carbocycles. The number of carbonyl (C=O) groups is 4. The number of fused-ring (bicyclic) bond motifs is 5. The molecule has 1 saturated heterocycles. The van der Waals surface area contributed by atoms with Crippen LogP contribution >= 0.6 is 11.6 Å².